The van der Waals surface area contributed by atoms with Crippen LogP contribution in [0.3, 0.4) is 0 Å². The lowest BCUT2D eigenvalue weighted by Crippen LogP contribution is -1.97. The fourth-order valence-corrected chi connectivity index (χ4v) is 1.50. The first kappa shape index (κ1) is 8.23. The van der Waals surface area contributed by atoms with Crippen molar-refractivity contribution in [1.82, 2.24) is 0 Å². The Kier molecular flexibility index (Phi) is 2.62. The smallest absolute Gasteiger partial charge is 0.348 e. The number of carbonyl (C=O) groups is 1. The number of hydrogen-bond donors (Lipinski definition) is 1. The summed E-state index contributed by atoms with van der Waals surface area (Å²) in [4.78, 5) is 12.5. The van der Waals surface area contributed by atoms with Crippen molar-refractivity contribution in [3.05, 3.63) is 21.9 Å². The van der Waals surface area contributed by atoms with Gasteiger partial charge in [0.2, 0.25) is 0 Å². The molecule has 0 radical (unpaired) electrons. The Morgan fingerprint density at radius 3 is 2.91 bits per heavy atom. The molecule has 0 bridgehead atoms. The van der Waals surface area contributed by atoms with E-state index in [0.29, 0.717) is 11.4 Å². The Balaban J connectivity index is 2.80. The molecule has 11 heavy (non-hydrogen) atoms. The molecule has 0 atom stereocenters. The quantitative estimate of drug-likeness (QED) is 0.675. The lowest BCUT2D eigenvalue weighted by molar-refractivity contribution is 0.0606. The van der Waals surface area contributed by atoms with Crippen LogP contribution in [-0.4, -0.2) is 13.1 Å². The van der Waals surface area contributed by atoms with Crippen molar-refractivity contribution in [2.75, 3.05) is 7.11 Å². The van der Waals surface area contributed by atoms with Crippen molar-refractivity contribution in [2.45, 2.75) is 6.54 Å². The maximum Gasteiger partial charge on any atom is 0.348 e. The fraction of sp³-hybridized carbons (Fsp3) is 0.286. The summed E-state index contributed by atoms with van der Waals surface area (Å²) in [5.41, 5.74) is 5.36. The summed E-state index contributed by atoms with van der Waals surface area (Å²) in [6.45, 7) is 0.474. The molecule has 0 amide bonds. The second kappa shape index (κ2) is 3.50. The fourth-order valence-electron chi connectivity index (χ4n) is 0.698. The van der Waals surface area contributed by atoms with Crippen molar-refractivity contribution in [3.63, 3.8) is 0 Å². The van der Waals surface area contributed by atoms with Gasteiger partial charge >= 0.3 is 5.97 Å². The topological polar surface area (TPSA) is 52.3 Å². The number of methoxy groups -OCH3 is 1. The highest BCUT2D eigenvalue weighted by Gasteiger charge is 2.07. The molecule has 1 heterocycles. The molecule has 1 rings (SSSR count). The molecule has 60 valence electrons. The van der Waals surface area contributed by atoms with E-state index in [2.05, 4.69) is 4.74 Å². The molecule has 0 saturated heterocycles. The second-order valence-electron chi connectivity index (χ2n) is 1.96. The van der Waals surface area contributed by atoms with Gasteiger partial charge in [-0.1, -0.05) is 0 Å². The number of hydrogen-bond acceptors (Lipinski definition) is 4. The number of rotatable bonds is 2. The van der Waals surface area contributed by atoms with E-state index in [1.807, 2.05) is 6.07 Å². The van der Waals surface area contributed by atoms with Gasteiger partial charge < -0.3 is 10.5 Å². The van der Waals surface area contributed by atoms with E-state index in [4.69, 9.17) is 5.73 Å². The van der Waals surface area contributed by atoms with E-state index in [-0.39, 0.29) is 5.97 Å². The number of ether oxygens (including phenoxy) is 1. The molecule has 0 aliphatic rings. The van der Waals surface area contributed by atoms with Crippen molar-refractivity contribution >= 4 is 17.3 Å². The highest BCUT2D eigenvalue weighted by molar-refractivity contribution is 7.13. The molecule has 0 aliphatic heterocycles. The number of esters is 1. The van der Waals surface area contributed by atoms with Crippen LogP contribution in [0, 0.1) is 0 Å². The van der Waals surface area contributed by atoms with E-state index in [1.165, 1.54) is 18.4 Å². The van der Waals surface area contributed by atoms with E-state index in [1.54, 1.807) is 6.07 Å². The second-order valence-corrected chi connectivity index (χ2v) is 3.13. The number of thiophene rings is 1. The molecular formula is C7H9NO2S. The van der Waals surface area contributed by atoms with Crippen molar-refractivity contribution in [2.24, 2.45) is 5.73 Å². The van der Waals surface area contributed by atoms with E-state index in [0.717, 1.165) is 4.88 Å². The van der Waals surface area contributed by atoms with Crippen LogP contribution >= 0.6 is 11.3 Å². The highest BCUT2D eigenvalue weighted by Crippen LogP contribution is 2.16. The lowest BCUT2D eigenvalue weighted by atomic mass is 10.4. The average Bonchev–Trinajstić information content (AvgIpc) is 2.50. The average molecular weight is 171 g/mol. The van der Waals surface area contributed by atoms with Crippen molar-refractivity contribution in [3.8, 4) is 0 Å². The summed E-state index contributed by atoms with van der Waals surface area (Å²) in [5.74, 6) is -0.297. The molecule has 3 nitrogen and oxygen atoms in total. The van der Waals surface area contributed by atoms with Crippen LogP contribution in [0.1, 0.15) is 14.5 Å². The van der Waals surface area contributed by atoms with Gasteiger partial charge in [-0.2, -0.15) is 0 Å². The maximum absolute atomic E-state index is 10.9. The minimum atomic E-state index is -0.297. The predicted octanol–water partition coefficient (Wildman–Crippen LogP) is 0.993. The number of carbonyl (C=O) groups excluding carboxylic acids is 1. The van der Waals surface area contributed by atoms with Gasteiger partial charge in [0.25, 0.3) is 0 Å². The zero-order valence-corrected chi connectivity index (χ0v) is 6.98. The van der Waals surface area contributed by atoms with Gasteiger partial charge in [-0.25, -0.2) is 4.79 Å². The summed E-state index contributed by atoms with van der Waals surface area (Å²) < 4.78 is 4.52. The standard InChI is InChI=1S/C7H9NO2S/c1-10-7(9)6-3-2-5(4-8)11-6/h2-3H,4,8H2,1H3. The Morgan fingerprint density at radius 2 is 2.45 bits per heavy atom. The van der Waals surface area contributed by atoms with Gasteiger partial charge in [-0.15, -0.1) is 11.3 Å². The third kappa shape index (κ3) is 1.78. The van der Waals surface area contributed by atoms with Gasteiger partial charge in [-0.3, -0.25) is 0 Å². The SMILES string of the molecule is COC(=O)c1ccc(CN)s1. The molecule has 0 spiro atoms. The zero-order chi connectivity index (χ0) is 8.27. The predicted molar refractivity (Wildman–Crippen MR) is 43.5 cm³/mol. The first-order chi connectivity index (χ1) is 5.27. The van der Waals surface area contributed by atoms with E-state index >= 15 is 0 Å². The summed E-state index contributed by atoms with van der Waals surface area (Å²) in [6.07, 6.45) is 0. The molecule has 2 N–H and O–H groups in total. The lowest BCUT2D eigenvalue weighted by Gasteiger charge is -1.91. The molecule has 0 aromatic carbocycles. The summed E-state index contributed by atoms with van der Waals surface area (Å²) in [6, 6.07) is 3.55. The molecule has 0 saturated carbocycles. The van der Waals surface area contributed by atoms with Crippen LogP contribution in [0.15, 0.2) is 12.1 Å². The highest BCUT2D eigenvalue weighted by atomic mass is 32.1. The van der Waals surface area contributed by atoms with Crippen LogP contribution in [0.25, 0.3) is 0 Å². The van der Waals surface area contributed by atoms with Gasteiger partial charge in [-0.05, 0) is 12.1 Å². The van der Waals surface area contributed by atoms with Crippen LogP contribution in [0.4, 0.5) is 0 Å². The molecule has 1 aromatic rings. The molecule has 0 fully saturated rings. The summed E-state index contributed by atoms with van der Waals surface area (Å²) in [7, 11) is 1.37. The zero-order valence-electron chi connectivity index (χ0n) is 6.16. The molecule has 0 unspecified atom stereocenters. The van der Waals surface area contributed by atoms with E-state index < -0.39 is 0 Å². The van der Waals surface area contributed by atoms with Gasteiger partial charge in [0.15, 0.2) is 0 Å². The summed E-state index contributed by atoms with van der Waals surface area (Å²) in [5, 5.41) is 0. The van der Waals surface area contributed by atoms with Crippen molar-refractivity contribution < 1.29 is 9.53 Å². The van der Waals surface area contributed by atoms with Crippen LogP contribution in [0.2, 0.25) is 0 Å². The molecule has 0 aliphatic carbocycles. The van der Waals surface area contributed by atoms with Crippen LogP contribution in [-0.2, 0) is 11.3 Å². The Morgan fingerprint density at radius 1 is 1.73 bits per heavy atom. The monoisotopic (exact) mass is 171 g/mol. The first-order valence-corrected chi connectivity index (χ1v) is 3.96. The van der Waals surface area contributed by atoms with Gasteiger partial charge in [0.1, 0.15) is 4.88 Å². The Bertz CT molecular complexity index is 257. The Hall–Kier alpha value is -0.870. The Labute approximate surface area is 68.8 Å². The van der Waals surface area contributed by atoms with Gasteiger partial charge in [0.05, 0.1) is 7.11 Å². The van der Waals surface area contributed by atoms with Gasteiger partial charge in [0, 0.05) is 11.4 Å². The normalized spacial score (nSPS) is 9.64. The minimum Gasteiger partial charge on any atom is -0.465 e. The maximum atomic E-state index is 10.9. The van der Waals surface area contributed by atoms with E-state index in [9.17, 15) is 4.79 Å². The third-order valence-corrected chi connectivity index (χ3v) is 2.34. The summed E-state index contributed by atoms with van der Waals surface area (Å²) >= 11 is 1.37. The molecular weight excluding hydrogens is 162 g/mol. The molecule has 1 aromatic heterocycles. The largest absolute Gasteiger partial charge is 0.465 e. The third-order valence-electron chi connectivity index (χ3n) is 1.25. The molecule has 4 heteroatoms. The minimum absolute atomic E-state index is 0.297. The van der Waals surface area contributed by atoms with Crippen molar-refractivity contribution in [1.29, 1.82) is 0 Å². The first-order valence-electron chi connectivity index (χ1n) is 3.15. The number of nitrogens with two attached hydrogens (primary N) is 1. The van der Waals surface area contributed by atoms with Crippen LogP contribution < -0.4 is 5.73 Å². The van der Waals surface area contributed by atoms with Crippen LogP contribution in [0.5, 0.6) is 0 Å².